The van der Waals surface area contributed by atoms with Gasteiger partial charge in [-0.15, -0.1) is 0 Å². The number of halogens is 1. The summed E-state index contributed by atoms with van der Waals surface area (Å²) in [6.45, 7) is 1.89. The molecule has 0 unspecified atom stereocenters. The molecule has 0 amide bonds. The summed E-state index contributed by atoms with van der Waals surface area (Å²) in [5.41, 5.74) is 2.58. The standard InChI is InChI=1S/C12H11ClN2O/c1-8-11(14-7-15-12(8)13)9-5-3-4-6-10(9)16-2/h3-7H,1-2H3. The van der Waals surface area contributed by atoms with Gasteiger partial charge in [-0.25, -0.2) is 9.97 Å². The molecule has 0 radical (unpaired) electrons. The maximum absolute atomic E-state index is 5.97. The minimum absolute atomic E-state index is 0.468. The smallest absolute Gasteiger partial charge is 0.135 e. The van der Waals surface area contributed by atoms with Gasteiger partial charge in [0.2, 0.25) is 0 Å². The van der Waals surface area contributed by atoms with E-state index in [1.165, 1.54) is 6.33 Å². The van der Waals surface area contributed by atoms with E-state index in [2.05, 4.69) is 9.97 Å². The zero-order valence-electron chi connectivity index (χ0n) is 9.07. The van der Waals surface area contributed by atoms with E-state index in [0.717, 1.165) is 22.6 Å². The maximum atomic E-state index is 5.97. The molecule has 0 atom stereocenters. The number of hydrogen-bond donors (Lipinski definition) is 0. The molecule has 3 nitrogen and oxygen atoms in total. The van der Waals surface area contributed by atoms with E-state index in [1.807, 2.05) is 31.2 Å². The fourth-order valence-electron chi connectivity index (χ4n) is 1.54. The van der Waals surface area contributed by atoms with Crippen LogP contribution in [0.1, 0.15) is 5.56 Å². The molecular weight excluding hydrogens is 224 g/mol. The molecule has 0 saturated carbocycles. The lowest BCUT2D eigenvalue weighted by molar-refractivity contribution is 0.416. The third-order valence-corrected chi connectivity index (χ3v) is 2.77. The highest BCUT2D eigenvalue weighted by Gasteiger charge is 2.11. The van der Waals surface area contributed by atoms with Crippen LogP contribution in [-0.2, 0) is 0 Å². The van der Waals surface area contributed by atoms with E-state index in [4.69, 9.17) is 16.3 Å². The van der Waals surface area contributed by atoms with Crippen LogP contribution >= 0.6 is 11.6 Å². The fourth-order valence-corrected chi connectivity index (χ4v) is 1.67. The number of methoxy groups -OCH3 is 1. The monoisotopic (exact) mass is 234 g/mol. The van der Waals surface area contributed by atoms with Gasteiger partial charge in [0, 0.05) is 11.1 Å². The summed E-state index contributed by atoms with van der Waals surface area (Å²) in [5.74, 6) is 0.778. The summed E-state index contributed by atoms with van der Waals surface area (Å²) in [6.07, 6.45) is 1.46. The first-order valence-electron chi connectivity index (χ1n) is 4.84. The van der Waals surface area contributed by atoms with Crippen LogP contribution < -0.4 is 4.74 Å². The van der Waals surface area contributed by atoms with Gasteiger partial charge in [0.15, 0.2) is 0 Å². The second-order valence-electron chi connectivity index (χ2n) is 3.34. The van der Waals surface area contributed by atoms with Gasteiger partial charge in [-0.1, -0.05) is 23.7 Å². The Kier molecular flexibility index (Phi) is 3.06. The lowest BCUT2D eigenvalue weighted by Crippen LogP contribution is -1.94. The van der Waals surface area contributed by atoms with Crippen LogP contribution in [-0.4, -0.2) is 17.1 Å². The van der Waals surface area contributed by atoms with Crippen LogP contribution in [0.5, 0.6) is 5.75 Å². The molecule has 0 spiro atoms. The van der Waals surface area contributed by atoms with Gasteiger partial charge in [0.05, 0.1) is 12.8 Å². The van der Waals surface area contributed by atoms with E-state index < -0.39 is 0 Å². The van der Waals surface area contributed by atoms with Gasteiger partial charge in [0.1, 0.15) is 17.2 Å². The van der Waals surface area contributed by atoms with Crippen LogP contribution in [0.3, 0.4) is 0 Å². The molecule has 1 heterocycles. The molecule has 0 N–H and O–H groups in total. The number of ether oxygens (including phenoxy) is 1. The highest BCUT2D eigenvalue weighted by atomic mass is 35.5. The summed E-state index contributed by atoms with van der Waals surface area (Å²) >= 11 is 5.97. The van der Waals surface area contributed by atoms with Gasteiger partial charge in [-0.05, 0) is 19.1 Å². The van der Waals surface area contributed by atoms with E-state index in [1.54, 1.807) is 7.11 Å². The number of aromatic nitrogens is 2. The van der Waals surface area contributed by atoms with Gasteiger partial charge >= 0.3 is 0 Å². The zero-order chi connectivity index (χ0) is 11.5. The number of para-hydroxylation sites is 1. The van der Waals surface area contributed by atoms with Crippen molar-refractivity contribution >= 4 is 11.6 Å². The van der Waals surface area contributed by atoms with Crippen molar-refractivity contribution in [2.75, 3.05) is 7.11 Å². The minimum atomic E-state index is 0.468. The molecule has 16 heavy (non-hydrogen) atoms. The number of rotatable bonds is 2. The largest absolute Gasteiger partial charge is 0.496 e. The highest BCUT2D eigenvalue weighted by molar-refractivity contribution is 6.30. The lowest BCUT2D eigenvalue weighted by atomic mass is 10.1. The maximum Gasteiger partial charge on any atom is 0.135 e. The third kappa shape index (κ3) is 1.86. The van der Waals surface area contributed by atoms with E-state index in [-0.39, 0.29) is 0 Å². The summed E-state index contributed by atoms with van der Waals surface area (Å²) in [5, 5.41) is 0.468. The van der Waals surface area contributed by atoms with Crippen LogP contribution in [0.25, 0.3) is 11.3 Å². The van der Waals surface area contributed by atoms with Gasteiger partial charge in [-0.3, -0.25) is 0 Å². The first kappa shape index (κ1) is 10.9. The summed E-state index contributed by atoms with van der Waals surface area (Å²) < 4.78 is 5.29. The van der Waals surface area contributed by atoms with Crippen molar-refractivity contribution in [1.29, 1.82) is 0 Å². The minimum Gasteiger partial charge on any atom is -0.496 e. The predicted molar refractivity (Wildman–Crippen MR) is 63.8 cm³/mol. The van der Waals surface area contributed by atoms with E-state index in [9.17, 15) is 0 Å². The topological polar surface area (TPSA) is 35.0 Å². The Labute approximate surface area is 99.1 Å². The van der Waals surface area contributed by atoms with Crippen LogP contribution in [0.15, 0.2) is 30.6 Å². The van der Waals surface area contributed by atoms with Gasteiger partial charge in [-0.2, -0.15) is 0 Å². The summed E-state index contributed by atoms with van der Waals surface area (Å²) in [4.78, 5) is 8.18. The molecule has 0 aliphatic rings. The Bertz CT molecular complexity index is 514. The molecule has 2 rings (SSSR count). The Morgan fingerprint density at radius 2 is 1.94 bits per heavy atom. The Balaban J connectivity index is 2.63. The van der Waals surface area contributed by atoms with Crippen molar-refractivity contribution in [3.8, 4) is 17.0 Å². The molecule has 0 fully saturated rings. The molecule has 0 bridgehead atoms. The lowest BCUT2D eigenvalue weighted by Gasteiger charge is -2.09. The molecular formula is C12H11ClN2O. The molecule has 0 saturated heterocycles. The van der Waals surface area contributed by atoms with Crippen molar-refractivity contribution in [1.82, 2.24) is 9.97 Å². The first-order valence-corrected chi connectivity index (χ1v) is 5.22. The van der Waals surface area contributed by atoms with E-state index in [0.29, 0.717) is 5.15 Å². The first-order chi connectivity index (χ1) is 7.74. The molecule has 4 heteroatoms. The summed E-state index contributed by atoms with van der Waals surface area (Å²) in [6, 6.07) is 7.70. The van der Waals surface area contributed by atoms with Crippen molar-refractivity contribution < 1.29 is 4.74 Å². The van der Waals surface area contributed by atoms with Gasteiger partial charge < -0.3 is 4.74 Å². The Morgan fingerprint density at radius 3 is 2.69 bits per heavy atom. The second kappa shape index (κ2) is 4.49. The average molecular weight is 235 g/mol. The second-order valence-corrected chi connectivity index (χ2v) is 3.70. The van der Waals surface area contributed by atoms with Crippen molar-refractivity contribution in [2.24, 2.45) is 0 Å². The van der Waals surface area contributed by atoms with Crippen molar-refractivity contribution in [3.05, 3.63) is 41.3 Å². The number of nitrogens with zero attached hydrogens (tertiary/aromatic N) is 2. The molecule has 2 aromatic rings. The molecule has 1 aromatic carbocycles. The number of hydrogen-bond acceptors (Lipinski definition) is 3. The normalized spacial score (nSPS) is 10.2. The predicted octanol–water partition coefficient (Wildman–Crippen LogP) is 3.11. The number of benzene rings is 1. The molecule has 0 aliphatic carbocycles. The Morgan fingerprint density at radius 1 is 1.19 bits per heavy atom. The summed E-state index contributed by atoms with van der Waals surface area (Å²) in [7, 11) is 1.64. The fraction of sp³-hybridized carbons (Fsp3) is 0.167. The van der Waals surface area contributed by atoms with Crippen LogP contribution in [0.4, 0.5) is 0 Å². The van der Waals surface area contributed by atoms with E-state index >= 15 is 0 Å². The third-order valence-electron chi connectivity index (χ3n) is 2.38. The van der Waals surface area contributed by atoms with Crippen LogP contribution in [0.2, 0.25) is 5.15 Å². The molecule has 0 aliphatic heterocycles. The zero-order valence-corrected chi connectivity index (χ0v) is 9.82. The highest BCUT2D eigenvalue weighted by Crippen LogP contribution is 2.31. The average Bonchev–Trinajstić information content (AvgIpc) is 2.33. The van der Waals surface area contributed by atoms with Crippen molar-refractivity contribution in [3.63, 3.8) is 0 Å². The Hall–Kier alpha value is -1.61. The molecule has 82 valence electrons. The SMILES string of the molecule is COc1ccccc1-c1ncnc(Cl)c1C. The quantitative estimate of drug-likeness (QED) is 0.749. The molecule has 1 aromatic heterocycles. The van der Waals surface area contributed by atoms with Crippen molar-refractivity contribution in [2.45, 2.75) is 6.92 Å². The van der Waals surface area contributed by atoms with Crippen LogP contribution in [0, 0.1) is 6.92 Å². The van der Waals surface area contributed by atoms with Gasteiger partial charge in [0.25, 0.3) is 0 Å².